The highest BCUT2D eigenvalue weighted by atomic mass is 16.5. The van der Waals surface area contributed by atoms with Gasteiger partial charge in [0.05, 0.1) is 20.8 Å². The molecule has 1 rings (SSSR count). The van der Waals surface area contributed by atoms with Crippen molar-refractivity contribution in [1.29, 1.82) is 0 Å². The first-order valence-electron chi connectivity index (χ1n) is 5.41. The second kappa shape index (κ2) is 7.11. The maximum Gasteiger partial charge on any atom is 0.160 e. The standard InChI is InChI=1S/C12H20N2O3/c1-15-8-10(14-13)6-9-4-5-11(16-2)12(7-9)17-3/h4-5,7,10,14H,6,8,13H2,1-3H3. The van der Waals surface area contributed by atoms with Crippen LogP contribution in [0.25, 0.3) is 0 Å². The number of hydrogen-bond donors (Lipinski definition) is 2. The molecule has 0 radical (unpaired) electrons. The minimum atomic E-state index is 0.0816. The maximum atomic E-state index is 5.45. The molecule has 5 nitrogen and oxygen atoms in total. The Kier molecular flexibility index (Phi) is 5.76. The van der Waals surface area contributed by atoms with Gasteiger partial charge >= 0.3 is 0 Å². The van der Waals surface area contributed by atoms with Crippen molar-refractivity contribution in [2.45, 2.75) is 12.5 Å². The van der Waals surface area contributed by atoms with Gasteiger partial charge in [-0.25, -0.2) is 0 Å². The molecule has 0 aliphatic carbocycles. The number of nitrogens with two attached hydrogens (primary N) is 1. The summed E-state index contributed by atoms with van der Waals surface area (Å²) in [5.41, 5.74) is 3.83. The van der Waals surface area contributed by atoms with E-state index in [0.717, 1.165) is 23.5 Å². The molecule has 0 aliphatic heterocycles. The predicted octanol–water partition coefficient (Wildman–Crippen LogP) is 0.725. The highest BCUT2D eigenvalue weighted by molar-refractivity contribution is 5.43. The highest BCUT2D eigenvalue weighted by Crippen LogP contribution is 2.27. The largest absolute Gasteiger partial charge is 0.493 e. The third-order valence-corrected chi connectivity index (χ3v) is 2.53. The third kappa shape index (κ3) is 3.89. The zero-order valence-electron chi connectivity index (χ0n) is 10.5. The Hall–Kier alpha value is -1.30. The van der Waals surface area contributed by atoms with Crippen LogP contribution in [-0.2, 0) is 11.2 Å². The van der Waals surface area contributed by atoms with Crippen molar-refractivity contribution in [1.82, 2.24) is 5.43 Å². The fraction of sp³-hybridized carbons (Fsp3) is 0.500. The molecule has 0 aromatic heterocycles. The van der Waals surface area contributed by atoms with Gasteiger partial charge in [0.25, 0.3) is 0 Å². The molecule has 0 fully saturated rings. The number of hydrogen-bond acceptors (Lipinski definition) is 5. The average molecular weight is 240 g/mol. The minimum absolute atomic E-state index is 0.0816. The molecule has 1 unspecified atom stereocenters. The van der Waals surface area contributed by atoms with Crippen LogP contribution in [-0.4, -0.2) is 34.0 Å². The molecule has 0 amide bonds. The predicted molar refractivity (Wildman–Crippen MR) is 66.2 cm³/mol. The van der Waals surface area contributed by atoms with E-state index in [2.05, 4.69) is 5.43 Å². The SMILES string of the molecule is COCC(Cc1ccc(OC)c(OC)c1)NN. The van der Waals surface area contributed by atoms with Crippen molar-refractivity contribution in [3.63, 3.8) is 0 Å². The summed E-state index contributed by atoms with van der Waals surface area (Å²) in [7, 11) is 4.89. The lowest BCUT2D eigenvalue weighted by molar-refractivity contribution is 0.166. The van der Waals surface area contributed by atoms with E-state index in [1.54, 1.807) is 21.3 Å². The van der Waals surface area contributed by atoms with E-state index in [1.807, 2.05) is 18.2 Å². The fourth-order valence-electron chi connectivity index (χ4n) is 1.66. The van der Waals surface area contributed by atoms with Crippen LogP contribution in [0.4, 0.5) is 0 Å². The van der Waals surface area contributed by atoms with Gasteiger partial charge < -0.3 is 14.2 Å². The van der Waals surface area contributed by atoms with Crippen LogP contribution in [0, 0.1) is 0 Å². The number of rotatable bonds is 7. The van der Waals surface area contributed by atoms with Gasteiger partial charge in [0, 0.05) is 13.2 Å². The monoisotopic (exact) mass is 240 g/mol. The van der Waals surface area contributed by atoms with Crippen LogP contribution < -0.4 is 20.7 Å². The van der Waals surface area contributed by atoms with Crippen LogP contribution in [0.1, 0.15) is 5.56 Å². The van der Waals surface area contributed by atoms with E-state index in [-0.39, 0.29) is 6.04 Å². The molecule has 5 heteroatoms. The van der Waals surface area contributed by atoms with E-state index in [1.165, 1.54) is 0 Å². The summed E-state index contributed by atoms with van der Waals surface area (Å²) in [5, 5.41) is 0. The van der Waals surface area contributed by atoms with Crippen molar-refractivity contribution in [2.24, 2.45) is 5.84 Å². The van der Waals surface area contributed by atoms with Crippen LogP contribution >= 0.6 is 0 Å². The zero-order chi connectivity index (χ0) is 12.7. The normalized spacial score (nSPS) is 12.2. The molecule has 17 heavy (non-hydrogen) atoms. The summed E-state index contributed by atoms with van der Waals surface area (Å²) >= 11 is 0. The molecule has 0 spiro atoms. The molecule has 0 saturated heterocycles. The summed E-state index contributed by atoms with van der Waals surface area (Å²) in [6.07, 6.45) is 0.769. The summed E-state index contributed by atoms with van der Waals surface area (Å²) in [4.78, 5) is 0. The van der Waals surface area contributed by atoms with Crippen molar-refractivity contribution in [2.75, 3.05) is 27.9 Å². The summed E-state index contributed by atoms with van der Waals surface area (Å²) < 4.78 is 15.5. The molecule has 1 aromatic carbocycles. The van der Waals surface area contributed by atoms with Gasteiger partial charge in [0.15, 0.2) is 11.5 Å². The van der Waals surface area contributed by atoms with Crippen LogP contribution in [0.15, 0.2) is 18.2 Å². The molecule has 0 aliphatic rings. The van der Waals surface area contributed by atoms with Crippen LogP contribution in [0.5, 0.6) is 11.5 Å². The number of methoxy groups -OCH3 is 3. The van der Waals surface area contributed by atoms with Gasteiger partial charge in [-0.2, -0.15) is 0 Å². The lowest BCUT2D eigenvalue weighted by Crippen LogP contribution is -2.40. The van der Waals surface area contributed by atoms with E-state index >= 15 is 0 Å². The van der Waals surface area contributed by atoms with Gasteiger partial charge in [-0.15, -0.1) is 0 Å². The second-order valence-electron chi connectivity index (χ2n) is 3.71. The minimum Gasteiger partial charge on any atom is -0.493 e. The first kappa shape index (κ1) is 13.8. The average Bonchev–Trinajstić information content (AvgIpc) is 2.38. The lowest BCUT2D eigenvalue weighted by Gasteiger charge is -2.16. The molecular weight excluding hydrogens is 220 g/mol. The topological polar surface area (TPSA) is 65.7 Å². The van der Waals surface area contributed by atoms with Gasteiger partial charge in [0.2, 0.25) is 0 Å². The molecule has 0 heterocycles. The van der Waals surface area contributed by atoms with E-state index < -0.39 is 0 Å². The Labute approximate surface area is 102 Å². The number of hydrazine groups is 1. The van der Waals surface area contributed by atoms with E-state index in [9.17, 15) is 0 Å². The fourth-order valence-corrected chi connectivity index (χ4v) is 1.66. The Bertz CT molecular complexity index is 345. The second-order valence-corrected chi connectivity index (χ2v) is 3.71. The molecule has 3 N–H and O–H groups in total. The molecule has 1 atom stereocenters. The Morgan fingerprint density at radius 1 is 1.18 bits per heavy atom. The third-order valence-electron chi connectivity index (χ3n) is 2.53. The summed E-state index contributed by atoms with van der Waals surface area (Å²) in [6, 6.07) is 5.90. The Morgan fingerprint density at radius 3 is 2.41 bits per heavy atom. The smallest absolute Gasteiger partial charge is 0.160 e. The molecule has 96 valence electrons. The highest BCUT2D eigenvalue weighted by Gasteiger charge is 2.10. The van der Waals surface area contributed by atoms with E-state index in [0.29, 0.717) is 6.61 Å². The lowest BCUT2D eigenvalue weighted by atomic mass is 10.1. The molecular formula is C12H20N2O3. The molecule has 1 aromatic rings. The zero-order valence-corrected chi connectivity index (χ0v) is 10.5. The quantitative estimate of drug-likeness (QED) is 0.543. The van der Waals surface area contributed by atoms with Crippen molar-refractivity contribution >= 4 is 0 Å². The molecule has 0 saturated carbocycles. The summed E-state index contributed by atoms with van der Waals surface area (Å²) in [6.45, 7) is 0.560. The van der Waals surface area contributed by atoms with E-state index in [4.69, 9.17) is 20.1 Å². The van der Waals surface area contributed by atoms with Crippen molar-refractivity contribution in [3.8, 4) is 11.5 Å². The Morgan fingerprint density at radius 2 is 1.88 bits per heavy atom. The number of nitrogens with one attached hydrogen (secondary N) is 1. The first-order chi connectivity index (χ1) is 8.24. The summed E-state index contributed by atoms with van der Waals surface area (Å²) in [5.74, 6) is 6.89. The van der Waals surface area contributed by atoms with Gasteiger partial charge in [-0.3, -0.25) is 11.3 Å². The van der Waals surface area contributed by atoms with Gasteiger partial charge in [0.1, 0.15) is 0 Å². The number of benzene rings is 1. The van der Waals surface area contributed by atoms with Gasteiger partial charge in [-0.1, -0.05) is 6.07 Å². The van der Waals surface area contributed by atoms with Crippen LogP contribution in [0.2, 0.25) is 0 Å². The van der Waals surface area contributed by atoms with Crippen LogP contribution in [0.3, 0.4) is 0 Å². The van der Waals surface area contributed by atoms with Crippen molar-refractivity contribution in [3.05, 3.63) is 23.8 Å². The molecule has 0 bridgehead atoms. The van der Waals surface area contributed by atoms with Gasteiger partial charge in [-0.05, 0) is 24.1 Å². The number of ether oxygens (including phenoxy) is 3. The van der Waals surface area contributed by atoms with Crippen molar-refractivity contribution < 1.29 is 14.2 Å². The Balaban J connectivity index is 2.77. The first-order valence-corrected chi connectivity index (χ1v) is 5.41. The maximum absolute atomic E-state index is 5.45.